The second-order valence-corrected chi connectivity index (χ2v) is 12.4. The zero-order valence-corrected chi connectivity index (χ0v) is 22.6. The Balaban J connectivity index is 1.26. The smallest absolute Gasteiger partial charge is 0.152 e. The van der Waals surface area contributed by atoms with Gasteiger partial charge in [0.05, 0.1) is 12.6 Å². The van der Waals surface area contributed by atoms with Crippen molar-refractivity contribution < 1.29 is 9.50 Å². The zero-order chi connectivity index (χ0) is 25.9. The first-order chi connectivity index (χ1) is 18.5. The summed E-state index contributed by atoms with van der Waals surface area (Å²) in [5, 5.41) is 23.9. The third kappa shape index (κ3) is 4.02. The predicted molar refractivity (Wildman–Crippen MR) is 147 cm³/mol. The van der Waals surface area contributed by atoms with E-state index < -0.39 is 0 Å². The third-order valence-corrected chi connectivity index (χ3v) is 10.2. The number of tetrazole rings is 1. The molecule has 1 aromatic heterocycles. The van der Waals surface area contributed by atoms with Crippen molar-refractivity contribution in [1.29, 1.82) is 0 Å². The average Bonchev–Trinajstić information content (AvgIpc) is 3.35. The van der Waals surface area contributed by atoms with Crippen molar-refractivity contribution in [1.82, 2.24) is 20.2 Å². The molecule has 4 fully saturated rings. The number of nitrogens with zero attached hydrogens (tertiary/aromatic N) is 4. The summed E-state index contributed by atoms with van der Waals surface area (Å²) < 4.78 is 16.5. The lowest BCUT2D eigenvalue weighted by Crippen LogP contribution is -2.61. The number of aliphatic hydroxyl groups is 1. The molecule has 0 saturated heterocycles. The van der Waals surface area contributed by atoms with Gasteiger partial charge in [-0.25, -0.2) is 9.07 Å². The van der Waals surface area contributed by atoms with Crippen LogP contribution in [0.1, 0.15) is 42.6 Å². The molecule has 4 bridgehead atoms. The minimum Gasteiger partial charge on any atom is -0.393 e. The SMILES string of the molecule is OC1C2CC3CC1CC(C2)C3(Cc1nnnn1Cc1ccc(Br)cc1)c1ccc(-c2ccc(F)cc2)cc1. The summed E-state index contributed by atoms with van der Waals surface area (Å²) in [7, 11) is 0. The molecule has 0 spiro atoms. The van der Waals surface area contributed by atoms with Gasteiger partial charge in [-0.3, -0.25) is 0 Å². The number of hydrogen-bond donors (Lipinski definition) is 1. The van der Waals surface area contributed by atoms with Gasteiger partial charge in [0.15, 0.2) is 5.82 Å². The van der Waals surface area contributed by atoms with E-state index in [0.29, 0.717) is 30.2 Å². The van der Waals surface area contributed by atoms with Crippen molar-refractivity contribution in [3.63, 3.8) is 0 Å². The summed E-state index contributed by atoms with van der Waals surface area (Å²) in [5.41, 5.74) is 4.53. The largest absolute Gasteiger partial charge is 0.393 e. The fourth-order valence-corrected chi connectivity index (χ4v) is 8.20. The van der Waals surface area contributed by atoms with E-state index in [1.54, 1.807) is 0 Å². The molecule has 0 amide bonds. The molecule has 0 aliphatic heterocycles. The van der Waals surface area contributed by atoms with E-state index >= 15 is 0 Å². The highest BCUT2D eigenvalue weighted by Crippen LogP contribution is 2.63. The van der Waals surface area contributed by atoms with Gasteiger partial charge >= 0.3 is 0 Å². The van der Waals surface area contributed by atoms with Crippen molar-refractivity contribution in [3.8, 4) is 11.1 Å². The molecule has 4 saturated carbocycles. The number of rotatable bonds is 6. The lowest BCUT2D eigenvalue weighted by Gasteiger charge is -2.63. The fraction of sp³-hybridized carbons (Fsp3) is 0.387. The van der Waals surface area contributed by atoms with Crippen molar-refractivity contribution >= 4 is 15.9 Å². The maximum absolute atomic E-state index is 13.5. The number of aliphatic hydroxyl groups excluding tert-OH is 1. The molecule has 5 nitrogen and oxygen atoms in total. The Morgan fingerprint density at radius 1 is 0.842 bits per heavy atom. The molecular weight excluding hydrogens is 543 g/mol. The Labute approximate surface area is 230 Å². The standard InChI is InChI=1S/C31H30BrFN4O/c32-27-9-1-19(2-10-27)18-37-29(34-35-36-37)17-31(25-13-22-14-26(31)16-23(15-25)30(22)38)24-7-3-20(4-8-24)21-5-11-28(33)12-6-21/h1-12,22-23,25-26,30,38H,13-18H2. The normalized spacial score (nSPS) is 29.6. The van der Waals surface area contributed by atoms with E-state index in [4.69, 9.17) is 0 Å². The van der Waals surface area contributed by atoms with Gasteiger partial charge in [0.1, 0.15) is 5.82 Å². The van der Waals surface area contributed by atoms with Gasteiger partial charge < -0.3 is 5.11 Å². The number of halogens is 2. The summed E-state index contributed by atoms with van der Waals surface area (Å²) in [6.07, 6.45) is 4.87. The Morgan fingerprint density at radius 2 is 1.42 bits per heavy atom. The van der Waals surface area contributed by atoms with Crippen LogP contribution in [-0.2, 0) is 18.4 Å². The average molecular weight is 574 g/mol. The van der Waals surface area contributed by atoms with Crippen LogP contribution in [0.15, 0.2) is 77.3 Å². The first-order valence-electron chi connectivity index (χ1n) is 13.5. The minimum absolute atomic E-state index is 0.0688. The fourth-order valence-electron chi connectivity index (χ4n) is 7.94. The highest BCUT2D eigenvalue weighted by Gasteiger charge is 2.60. The first kappa shape index (κ1) is 24.2. The lowest BCUT2D eigenvalue weighted by atomic mass is 9.42. The van der Waals surface area contributed by atoms with Crippen LogP contribution < -0.4 is 0 Å². The molecule has 4 aliphatic carbocycles. The second-order valence-electron chi connectivity index (χ2n) is 11.5. The molecule has 1 heterocycles. The van der Waals surface area contributed by atoms with Gasteiger partial charge in [0, 0.05) is 16.3 Å². The molecule has 4 aromatic rings. The van der Waals surface area contributed by atoms with Crippen LogP contribution in [0.3, 0.4) is 0 Å². The highest BCUT2D eigenvalue weighted by atomic mass is 79.9. The second kappa shape index (κ2) is 9.38. The summed E-state index contributed by atoms with van der Waals surface area (Å²) in [5.74, 6) is 2.49. The van der Waals surface area contributed by atoms with Gasteiger partial charge in [-0.15, -0.1) is 5.10 Å². The molecule has 0 atom stereocenters. The molecule has 0 radical (unpaired) electrons. The van der Waals surface area contributed by atoms with E-state index in [0.717, 1.165) is 59.1 Å². The maximum atomic E-state index is 13.5. The summed E-state index contributed by atoms with van der Waals surface area (Å²) in [4.78, 5) is 0. The number of aromatic nitrogens is 4. The Kier molecular flexibility index (Phi) is 5.97. The van der Waals surface area contributed by atoms with E-state index in [1.165, 1.54) is 17.7 Å². The molecule has 8 rings (SSSR count). The zero-order valence-electron chi connectivity index (χ0n) is 21.0. The van der Waals surface area contributed by atoms with E-state index in [1.807, 2.05) is 28.9 Å². The molecule has 4 aliphatic rings. The van der Waals surface area contributed by atoms with E-state index in [9.17, 15) is 9.50 Å². The molecular formula is C31H30BrFN4O. The summed E-state index contributed by atoms with van der Waals surface area (Å²) in [6, 6.07) is 23.9. The molecule has 38 heavy (non-hydrogen) atoms. The highest BCUT2D eigenvalue weighted by molar-refractivity contribution is 9.10. The molecule has 3 aromatic carbocycles. The minimum atomic E-state index is -0.221. The van der Waals surface area contributed by atoms with Crippen LogP contribution in [0.5, 0.6) is 0 Å². The summed E-state index contributed by atoms with van der Waals surface area (Å²) >= 11 is 3.52. The third-order valence-electron chi connectivity index (χ3n) is 9.67. The Hall–Kier alpha value is -2.90. The topological polar surface area (TPSA) is 63.8 Å². The van der Waals surface area contributed by atoms with E-state index in [2.05, 4.69) is 67.9 Å². The van der Waals surface area contributed by atoms with Gasteiger partial charge in [-0.2, -0.15) is 0 Å². The van der Waals surface area contributed by atoms with Crippen molar-refractivity contribution in [2.75, 3.05) is 0 Å². The van der Waals surface area contributed by atoms with Gasteiger partial charge in [-0.05, 0) is 106 Å². The number of benzene rings is 3. The van der Waals surface area contributed by atoms with Crippen LogP contribution in [-0.4, -0.2) is 31.4 Å². The van der Waals surface area contributed by atoms with Crippen LogP contribution in [0.25, 0.3) is 11.1 Å². The maximum Gasteiger partial charge on any atom is 0.152 e. The lowest BCUT2D eigenvalue weighted by molar-refractivity contribution is -0.136. The molecule has 7 heteroatoms. The Bertz CT molecular complexity index is 1400. The summed E-state index contributed by atoms with van der Waals surface area (Å²) in [6.45, 7) is 0.633. The quantitative estimate of drug-likeness (QED) is 0.299. The van der Waals surface area contributed by atoms with Crippen LogP contribution in [0, 0.1) is 29.5 Å². The van der Waals surface area contributed by atoms with Crippen LogP contribution in [0.4, 0.5) is 4.39 Å². The van der Waals surface area contributed by atoms with Crippen molar-refractivity contribution in [2.24, 2.45) is 23.7 Å². The molecule has 1 N–H and O–H groups in total. The van der Waals surface area contributed by atoms with Gasteiger partial charge in [0.2, 0.25) is 0 Å². The van der Waals surface area contributed by atoms with Crippen molar-refractivity contribution in [2.45, 2.75) is 50.2 Å². The number of hydrogen-bond acceptors (Lipinski definition) is 4. The van der Waals surface area contributed by atoms with E-state index in [-0.39, 0.29) is 17.3 Å². The monoisotopic (exact) mass is 572 g/mol. The van der Waals surface area contributed by atoms with Crippen LogP contribution >= 0.6 is 15.9 Å². The molecule has 0 unspecified atom stereocenters. The predicted octanol–water partition coefficient (Wildman–Crippen LogP) is 6.20. The van der Waals surface area contributed by atoms with Gasteiger partial charge in [-0.1, -0.05) is 64.5 Å². The first-order valence-corrected chi connectivity index (χ1v) is 14.3. The Morgan fingerprint density at radius 3 is 2.03 bits per heavy atom. The van der Waals surface area contributed by atoms with Crippen LogP contribution in [0.2, 0.25) is 0 Å². The van der Waals surface area contributed by atoms with Gasteiger partial charge in [0.25, 0.3) is 0 Å². The van der Waals surface area contributed by atoms with Crippen molar-refractivity contribution in [3.05, 3.63) is 100 Å². The molecule has 194 valence electrons.